The minimum atomic E-state index is 0.474. The molecule has 0 atom stereocenters. The van der Waals surface area contributed by atoms with E-state index < -0.39 is 0 Å². The monoisotopic (exact) mass is 408 g/mol. The minimum Gasteiger partial charge on any atom is -0.457 e. The van der Waals surface area contributed by atoms with Gasteiger partial charge in [-0.05, 0) is 37.1 Å². The highest BCUT2D eigenvalue weighted by molar-refractivity contribution is 9.10. The average Bonchev–Trinajstić information content (AvgIpc) is 3.21. The number of rotatable bonds is 3. The van der Waals surface area contributed by atoms with Crippen molar-refractivity contribution in [2.24, 2.45) is 0 Å². The molecule has 0 N–H and O–H groups in total. The molecule has 1 aromatic carbocycles. The quantitative estimate of drug-likeness (QED) is 0.565. The number of aromatic nitrogens is 3. The Morgan fingerprint density at radius 2 is 1.96 bits per heavy atom. The summed E-state index contributed by atoms with van der Waals surface area (Å²) in [6.07, 6.45) is 6.05. The van der Waals surface area contributed by atoms with Crippen molar-refractivity contribution in [1.29, 1.82) is 5.26 Å². The number of furan rings is 1. The Kier molecular flexibility index (Phi) is 4.72. The topological polar surface area (TPSA) is 67.6 Å². The molecule has 0 bridgehead atoms. The second kappa shape index (κ2) is 7.30. The van der Waals surface area contributed by atoms with Crippen LogP contribution in [0.2, 0.25) is 0 Å². The zero-order valence-electron chi connectivity index (χ0n) is 14.2. The molecule has 6 heteroatoms. The van der Waals surface area contributed by atoms with Crippen molar-refractivity contribution in [3.63, 3.8) is 0 Å². The van der Waals surface area contributed by atoms with E-state index in [0.29, 0.717) is 17.2 Å². The standard InChI is InChI=1S/C20H17BrN4O/c21-16-7-5-14(6-8-16)18-10-9-17(26-18)12-15(13-22)20-24-23-19-4-2-1-3-11-25(19)20/h5-10,12H,1-4,11H2/b15-12-. The highest BCUT2D eigenvalue weighted by Gasteiger charge is 2.18. The Balaban J connectivity index is 1.66. The highest BCUT2D eigenvalue weighted by atomic mass is 79.9. The molecule has 0 unspecified atom stereocenters. The number of nitriles is 1. The summed E-state index contributed by atoms with van der Waals surface area (Å²) in [6.45, 7) is 0.860. The van der Waals surface area contributed by atoms with Crippen LogP contribution in [-0.4, -0.2) is 14.8 Å². The van der Waals surface area contributed by atoms with Gasteiger partial charge in [0.25, 0.3) is 0 Å². The molecule has 3 heterocycles. The zero-order chi connectivity index (χ0) is 17.9. The van der Waals surface area contributed by atoms with Gasteiger partial charge in [-0.3, -0.25) is 0 Å². The fourth-order valence-electron chi connectivity index (χ4n) is 3.17. The maximum absolute atomic E-state index is 9.64. The number of halogens is 1. The molecule has 4 rings (SSSR count). The van der Waals surface area contributed by atoms with Crippen LogP contribution in [0.25, 0.3) is 23.0 Å². The summed E-state index contributed by atoms with van der Waals surface area (Å²) in [7, 11) is 0. The zero-order valence-corrected chi connectivity index (χ0v) is 15.7. The maximum atomic E-state index is 9.64. The van der Waals surface area contributed by atoms with Gasteiger partial charge in [-0.15, -0.1) is 10.2 Å². The molecule has 3 aromatic rings. The van der Waals surface area contributed by atoms with Crippen LogP contribution >= 0.6 is 15.9 Å². The van der Waals surface area contributed by atoms with Crippen LogP contribution in [0.3, 0.4) is 0 Å². The predicted octanol–water partition coefficient (Wildman–Crippen LogP) is 5.09. The van der Waals surface area contributed by atoms with Crippen molar-refractivity contribution in [2.45, 2.75) is 32.2 Å². The smallest absolute Gasteiger partial charge is 0.174 e. The molecule has 0 spiro atoms. The molecule has 0 radical (unpaired) electrons. The fraction of sp³-hybridized carbons (Fsp3) is 0.250. The third-order valence-electron chi connectivity index (χ3n) is 4.51. The van der Waals surface area contributed by atoms with E-state index in [4.69, 9.17) is 4.42 Å². The number of benzene rings is 1. The van der Waals surface area contributed by atoms with Gasteiger partial charge in [0.1, 0.15) is 29.0 Å². The van der Waals surface area contributed by atoms with Crippen molar-refractivity contribution in [3.05, 3.63) is 58.3 Å². The SMILES string of the molecule is N#C/C(=C/c1ccc(-c2ccc(Br)cc2)o1)c1nnc2n1CCCCC2. The Labute approximate surface area is 160 Å². The molecule has 0 fully saturated rings. The number of fused-ring (bicyclic) bond motifs is 1. The van der Waals surface area contributed by atoms with E-state index in [0.717, 1.165) is 47.4 Å². The third-order valence-corrected chi connectivity index (χ3v) is 5.04. The van der Waals surface area contributed by atoms with Gasteiger partial charge in [-0.25, -0.2) is 0 Å². The van der Waals surface area contributed by atoms with Crippen LogP contribution in [0, 0.1) is 11.3 Å². The molecule has 130 valence electrons. The van der Waals surface area contributed by atoms with Gasteiger partial charge >= 0.3 is 0 Å². The molecule has 0 amide bonds. The van der Waals surface area contributed by atoms with Crippen molar-refractivity contribution in [2.75, 3.05) is 0 Å². The van der Waals surface area contributed by atoms with Gasteiger partial charge in [-0.2, -0.15) is 5.26 Å². The van der Waals surface area contributed by atoms with E-state index in [2.05, 4.69) is 36.8 Å². The lowest BCUT2D eigenvalue weighted by molar-refractivity contribution is 0.572. The number of nitrogens with zero attached hydrogens (tertiary/aromatic N) is 4. The summed E-state index contributed by atoms with van der Waals surface area (Å²) in [4.78, 5) is 0. The number of hydrogen-bond acceptors (Lipinski definition) is 4. The van der Waals surface area contributed by atoms with E-state index in [-0.39, 0.29) is 0 Å². The summed E-state index contributed by atoms with van der Waals surface area (Å²) >= 11 is 3.43. The molecular weight excluding hydrogens is 392 g/mol. The summed E-state index contributed by atoms with van der Waals surface area (Å²) in [5.41, 5.74) is 1.46. The Morgan fingerprint density at radius 3 is 2.77 bits per heavy atom. The lowest BCUT2D eigenvalue weighted by Crippen LogP contribution is -2.05. The first-order chi connectivity index (χ1) is 12.7. The summed E-state index contributed by atoms with van der Waals surface area (Å²) in [6, 6.07) is 13.9. The van der Waals surface area contributed by atoms with Crippen LogP contribution in [0.4, 0.5) is 0 Å². The van der Waals surface area contributed by atoms with Gasteiger partial charge in [0, 0.05) is 29.1 Å². The first kappa shape index (κ1) is 16.8. The molecule has 0 aliphatic carbocycles. The second-order valence-electron chi connectivity index (χ2n) is 6.28. The first-order valence-corrected chi connectivity index (χ1v) is 9.44. The lowest BCUT2D eigenvalue weighted by Gasteiger charge is -2.05. The van der Waals surface area contributed by atoms with E-state index in [1.54, 1.807) is 6.08 Å². The van der Waals surface area contributed by atoms with Crippen LogP contribution in [0.15, 0.2) is 45.3 Å². The fourth-order valence-corrected chi connectivity index (χ4v) is 3.44. The summed E-state index contributed by atoms with van der Waals surface area (Å²) in [5, 5.41) is 18.2. The highest BCUT2D eigenvalue weighted by Crippen LogP contribution is 2.27. The minimum absolute atomic E-state index is 0.474. The van der Waals surface area contributed by atoms with Gasteiger partial charge in [0.2, 0.25) is 0 Å². The average molecular weight is 409 g/mol. The van der Waals surface area contributed by atoms with Crippen molar-refractivity contribution in [3.8, 4) is 17.4 Å². The van der Waals surface area contributed by atoms with Crippen molar-refractivity contribution >= 4 is 27.6 Å². The summed E-state index contributed by atoms with van der Waals surface area (Å²) < 4.78 is 9.00. The van der Waals surface area contributed by atoms with Gasteiger partial charge < -0.3 is 8.98 Å². The summed E-state index contributed by atoms with van der Waals surface area (Å²) in [5.74, 6) is 2.99. The molecule has 1 aliphatic rings. The number of hydrogen-bond donors (Lipinski definition) is 0. The number of allylic oxidation sites excluding steroid dienone is 1. The maximum Gasteiger partial charge on any atom is 0.174 e. The number of aryl methyl sites for hydroxylation is 1. The van der Waals surface area contributed by atoms with Gasteiger partial charge in [-0.1, -0.05) is 34.5 Å². The molecule has 0 saturated heterocycles. The van der Waals surface area contributed by atoms with E-state index in [1.165, 1.54) is 6.42 Å². The lowest BCUT2D eigenvalue weighted by atomic mass is 10.2. The molecule has 1 aliphatic heterocycles. The molecule has 2 aromatic heterocycles. The van der Waals surface area contributed by atoms with Gasteiger partial charge in [0.15, 0.2) is 5.82 Å². The van der Waals surface area contributed by atoms with Crippen LogP contribution in [-0.2, 0) is 13.0 Å². The Bertz CT molecular complexity index is 992. The Hall–Kier alpha value is -2.65. The van der Waals surface area contributed by atoms with Crippen LogP contribution < -0.4 is 0 Å². The molecule has 0 saturated carbocycles. The first-order valence-electron chi connectivity index (χ1n) is 8.64. The van der Waals surface area contributed by atoms with Gasteiger partial charge in [0.05, 0.1) is 0 Å². The molecule has 5 nitrogen and oxygen atoms in total. The van der Waals surface area contributed by atoms with E-state index in [9.17, 15) is 5.26 Å². The molecule has 26 heavy (non-hydrogen) atoms. The van der Waals surface area contributed by atoms with E-state index >= 15 is 0 Å². The van der Waals surface area contributed by atoms with Crippen LogP contribution in [0.1, 0.15) is 36.7 Å². The van der Waals surface area contributed by atoms with Crippen molar-refractivity contribution in [1.82, 2.24) is 14.8 Å². The Morgan fingerprint density at radius 1 is 1.12 bits per heavy atom. The van der Waals surface area contributed by atoms with Crippen LogP contribution in [0.5, 0.6) is 0 Å². The third kappa shape index (κ3) is 3.35. The normalized spacial score (nSPS) is 14.5. The second-order valence-corrected chi connectivity index (χ2v) is 7.20. The van der Waals surface area contributed by atoms with E-state index in [1.807, 2.05) is 36.4 Å². The predicted molar refractivity (Wildman–Crippen MR) is 103 cm³/mol. The van der Waals surface area contributed by atoms with Crippen molar-refractivity contribution < 1.29 is 4.42 Å². The molecular formula is C20H17BrN4O. The largest absolute Gasteiger partial charge is 0.457 e.